The van der Waals surface area contributed by atoms with Gasteiger partial charge in [0, 0.05) is 49.4 Å². The first kappa shape index (κ1) is 26.6. The molecule has 7 nitrogen and oxygen atoms in total. The van der Waals surface area contributed by atoms with Gasteiger partial charge >= 0.3 is 6.18 Å². The van der Waals surface area contributed by atoms with Crippen molar-refractivity contribution in [3.63, 3.8) is 0 Å². The van der Waals surface area contributed by atoms with Crippen molar-refractivity contribution in [1.29, 1.82) is 0 Å². The van der Waals surface area contributed by atoms with Gasteiger partial charge < -0.3 is 9.47 Å². The number of alkyl halides is 3. The van der Waals surface area contributed by atoms with Crippen molar-refractivity contribution in [1.82, 2.24) is 29.2 Å². The minimum absolute atomic E-state index is 0.000419. The van der Waals surface area contributed by atoms with Crippen LogP contribution in [0.5, 0.6) is 0 Å². The van der Waals surface area contributed by atoms with Crippen molar-refractivity contribution in [3.8, 4) is 11.1 Å². The monoisotopic (exact) mass is 536 g/mol. The highest BCUT2D eigenvalue weighted by Crippen LogP contribution is 2.40. The molecule has 5 rings (SSSR count). The van der Waals surface area contributed by atoms with Gasteiger partial charge in [0.2, 0.25) is 0 Å². The van der Waals surface area contributed by atoms with Crippen LogP contribution in [0.25, 0.3) is 11.1 Å². The number of carbonyl (C=O) groups excluding carboxylic acids is 1. The summed E-state index contributed by atoms with van der Waals surface area (Å²) in [7, 11) is 0. The van der Waals surface area contributed by atoms with Gasteiger partial charge in [0.05, 0.1) is 17.9 Å². The van der Waals surface area contributed by atoms with Crippen molar-refractivity contribution in [2.45, 2.75) is 66.3 Å². The number of hydrogen-bond acceptors (Lipinski definition) is 4. The number of amides is 1. The molecule has 1 aromatic carbocycles. The lowest BCUT2D eigenvalue weighted by Gasteiger charge is -2.30. The molecule has 1 aliphatic heterocycles. The lowest BCUT2D eigenvalue weighted by Crippen LogP contribution is -2.37. The van der Waals surface area contributed by atoms with E-state index < -0.39 is 11.9 Å². The minimum Gasteiger partial charge on any atom is -0.332 e. The van der Waals surface area contributed by atoms with Crippen LogP contribution in [0.4, 0.5) is 13.2 Å². The highest BCUT2D eigenvalue weighted by Gasteiger charge is 2.39. The Morgan fingerprint density at radius 1 is 0.974 bits per heavy atom. The fourth-order valence-corrected chi connectivity index (χ4v) is 5.24. The molecule has 4 heterocycles. The van der Waals surface area contributed by atoms with E-state index in [0.29, 0.717) is 49.3 Å². The molecular formula is C29H31F3N6O. The summed E-state index contributed by atoms with van der Waals surface area (Å²) in [6.45, 7) is 8.98. The minimum atomic E-state index is -4.63. The molecule has 0 saturated carbocycles. The van der Waals surface area contributed by atoms with E-state index in [4.69, 9.17) is 0 Å². The molecule has 0 unspecified atom stereocenters. The zero-order valence-corrected chi connectivity index (χ0v) is 22.5. The van der Waals surface area contributed by atoms with Crippen molar-refractivity contribution in [2.24, 2.45) is 0 Å². The van der Waals surface area contributed by atoms with Gasteiger partial charge in [-0.15, -0.1) is 0 Å². The van der Waals surface area contributed by atoms with Gasteiger partial charge in [-0.05, 0) is 80.1 Å². The van der Waals surface area contributed by atoms with E-state index in [1.165, 1.54) is 10.9 Å². The predicted molar refractivity (Wildman–Crippen MR) is 141 cm³/mol. The molecule has 0 bridgehead atoms. The number of aryl methyl sites for hydroxylation is 4. The fraction of sp³-hybridized carbons (Fsp3) is 0.379. The summed E-state index contributed by atoms with van der Waals surface area (Å²) in [5.41, 5.74) is 4.00. The molecule has 0 N–H and O–H groups in total. The fourth-order valence-electron chi connectivity index (χ4n) is 5.24. The molecule has 3 aromatic heterocycles. The summed E-state index contributed by atoms with van der Waals surface area (Å²) in [4.78, 5) is 24.4. The van der Waals surface area contributed by atoms with Crippen molar-refractivity contribution in [2.75, 3.05) is 6.54 Å². The normalized spacial score (nSPS) is 13.7. The quantitative estimate of drug-likeness (QED) is 0.308. The van der Waals surface area contributed by atoms with Gasteiger partial charge in [-0.1, -0.05) is 6.92 Å². The van der Waals surface area contributed by atoms with Crippen LogP contribution in [0, 0.1) is 13.8 Å². The van der Waals surface area contributed by atoms with Crippen LogP contribution in [0.1, 0.15) is 63.8 Å². The summed E-state index contributed by atoms with van der Waals surface area (Å²) < 4.78 is 45.5. The third-order valence-corrected chi connectivity index (χ3v) is 7.19. The Morgan fingerprint density at radius 2 is 1.74 bits per heavy atom. The lowest BCUT2D eigenvalue weighted by molar-refractivity contribution is -0.141. The highest BCUT2D eigenvalue weighted by molar-refractivity contribution is 5.99. The summed E-state index contributed by atoms with van der Waals surface area (Å²) in [5, 5.41) is 3.84. The van der Waals surface area contributed by atoms with Gasteiger partial charge in [-0.3, -0.25) is 14.5 Å². The second-order valence-electron chi connectivity index (χ2n) is 9.96. The summed E-state index contributed by atoms with van der Waals surface area (Å²) in [5.74, 6) is 0.578. The smallest absolute Gasteiger partial charge is 0.332 e. The van der Waals surface area contributed by atoms with E-state index in [2.05, 4.69) is 22.0 Å². The van der Waals surface area contributed by atoms with Crippen LogP contribution in [0.15, 0.2) is 42.9 Å². The average molecular weight is 537 g/mol. The SMILES string of the molecule is CCc1ccnc(CN2CCc3c(cc(Cn4cc(C)nc4C)cc3-c3cn(CC)nc3C(F)(F)F)C2=O)c1. The van der Waals surface area contributed by atoms with Crippen LogP contribution >= 0.6 is 0 Å². The Bertz CT molecular complexity index is 1530. The number of halogens is 3. The van der Waals surface area contributed by atoms with Crippen LogP contribution in [0.2, 0.25) is 0 Å². The number of rotatable bonds is 7. The predicted octanol–water partition coefficient (Wildman–Crippen LogP) is 5.61. The molecular weight excluding hydrogens is 505 g/mol. The number of hydrogen-bond donors (Lipinski definition) is 0. The third-order valence-electron chi connectivity index (χ3n) is 7.19. The number of pyridine rings is 1. The van der Waals surface area contributed by atoms with E-state index in [-0.39, 0.29) is 11.5 Å². The number of aromatic nitrogens is 5. The molecule has 4 aromatic rings. The van der Waals surface area contributed by atoms with Crippen molar-refractivity contribution >= 4 is 5.91 Å². The Morgan fingerprint density at radius 3 is 2.41 bits per heavy atom. The maximum absolute atomic E-state index is 14.1. The molecule has 1 amide bonds. The number of carbonyl (C=O) groups is 1. The standard InChI is InChI=1S/C29H31F3N6O/c1-5-20-7-9-33-22(11-20)16-36-10-8-23-24(26-17-38(6-2)35-27(26)29(30,31)32)12-21(13-25(23)28(36)39)15-37-14-18(3)34-19(37)4/h7,9,11-14,17H,5-6,8,10,15-16H2,1-4H3. The van der Waals surface area contributed by atoms with E-state index >= 15 is 0 Å². The van der Waals surface area contributed by atoms with E-state index in [1.807, 2.05) is 42.8 Å². The van der Waals surface area contributed by atoms with E-state index in [0.717, 1.165) is 34.8 Å². The first-order valence-corrected chi connectivity index (χ1v) is 13.1. The first-order valence-electron chi connectivity index (χ1n) is 13.1. The van der Waals surface area contributed by atoms with Gasteiger partial charge in [0.15, 0.2) is 5.69 Å². The molecule has 0 aliphatic carbocycles. The molecule has 204 valence electrons. The van der Waals surface area contributed by atoms with Gasteiger partial charge in [0.1, 0.15) is 5.82 Å². The zero-order chi connectivity index (χ0) is 27.9. The largest absolute Gasteiger partial charge is 0.435 e. The Balaban J connectivity index is 1.61. The third kappa shape index (κ3) is 5.32. The van der Waals surface area contributed by atoms with Gasteiger partial charge in [-0.2, -0.15) is 18.3 Å². The second kappa shape index (κ2) is 10.3. The number of fused-ring (bicyclic) bond motifs is 1. The van der Waals surface area contributed by atoms with Crippen LogP contribution in [0.3, 0.4) is 0 Å². The Hall–Kier alpha value is -3.95. The summed E-state index contributed by atoms with van der Waals surface area (Å²) in [6.07, 6.45) is 1.74. The van der Waals surface area contributed by atoms with Crippen molar-refractivity contribution in [3.05, 3.63) is 88.0 Å². The van der Waals surface area contributed by atoms with Gasteiger partial charge in [0.25, 0.3) is 5.91 Å². The maximum atomic E-state index is 14.1. The molecule has 0 spiro atoms. The Kier molecular flexibility index (Phi) is 7.05. The zero-order valence-electron chi connectivity index (χ0n) is 22.5. The lowest BCUT2D eigenvalue weighted by atomic mass is 9.88. The highest BCUT2D eigenvalue weighted by atomic mass is 19.4. The Labute approximate surface area is 225 Å². The van der Waals surface area contributed by atoms with E-state index in [1.54, 1.807) is 24.1 Å². The first-order chi connectivity index (χ1) is 18.6. The molecule has 39 heavy (non-hydrogen) atoms. The number of imidazole rings is 1. The van der Waals surface area contributed by atoms with Crippen molar-refractivity contribution < 1.29 is 18.0 Å². The molecule has 0 saturated heterocycles. The molecule has 0 radical (unpaired) electrons. The van der Waals surface area contributed by atoms with Crippen LogP contribution in [-0.4, -0.2) is 41.7 Å². The van der Waals surface area contributed by atoms with Gasteiger partial charge in [-0.25, -0.2) is 4.98 Å². The molecule has 10 heteroatoms. The summed E-state index contributed by atoms with van der Waals surface area (Å²) in [6, 6.07) is 7.53. The molecule has 1 aliphatic rings. The second-order valence-corrected chi connectivity index (χ2v) is 9.96. The topological polar surface area (TPSA) is 68.8 Å². The van der Waals surface area contributed by atoms with Crippen LogP contribution in [-0.2, 0) is 38.7 Å². The average Bonchev–Trinajstić information content (AvgIpc) is 3.48. The maximum Gasteiger partial charge on any atom is 0.435 e. The number of benzene rings is 1. The van der Waals surface area contributed by atoms with Crippen LogP contribution < -0.4 is 0 Å². The summed E-state index contributed by atoms with van der Waals surface area (Å²) >= 11 is 0. The number of nitrogens with zero attached hydrogens (tertiary/aromatic N) is 6. The molecule has 0 atom stereocenters. The van der Waals surface area contributed by atoms with E-state index in [9.17, 15) is 18.0 Å². The molecule has 0 fully saturated rings.